The van der Waals surface area contributed by atoms with Crippen molar-refractivity contribution in [3.05, 3.63) is 70.8 Å². The van der Waals surface area contributed by atoms with E-state index in [4.69, 9.17) is 5.11 Å². The maximum atomic E-state index is 13.4. The Hall–Kier alpha value is -2.76. The van der Waals surface area contributed by atoms with Gasteiger partial charge >= 0.3 is 5.97 Å². The fourth-order valence-electron chi connectivity index (χ4n) is 1.75. The van der Waals surface area contributed by atoms with Gasteiger partial charge in [0.05, 0.1) is 5.56 Å². The minimum atomic E-state index is -1.15. The summed E-state index contributed by atoms with van der Waals surface area (Å²) in [6.45, 7) is -0.195. The molecule has 0 saturated heterocycles. The standard InChI is InChI=1S/C15H11F2NO3/c16-12-4-5-13(17)11(7-12)8-18-14(19)9-2-1-3-10(6-9)15(20)21/h1-7H,8H2,(H,18,19)(H,20,21). The highest BCUT2D eigenvalue weighted by Gasteiger charge is 2.10. The van der Waals surface area contributed by atoms with E-state index in [2.05, 4.69) is 5.32 Å². The number of carbonyl (C=O) groups excluding carboxylic acids is 1. The van der Waals surface area contributed by atoms with Crippen LogP contribution >= 0.6 is 0 Å². The molecule has 0 aliphatic heterocycles. The molecule has 2 aromatic carbocycles. The van der Waals surface area contributed by atoms with E-state index >= 15 is 0 Å². The molecule has 0 atom stereocenters. The Morgan fingerprint density at radius 1 is 1.05 bits per heavy atom. The number of carboxylic acids is 1. The molecule has 108 valence electrons. The van der Waals surface area contributed by atoms with Gasteiger partial charge in [0.15, 0.2) is 0 Å². The normalized spacial score (nSPS) is 10.2. The third-order valence-electron chi connectivity index (χ3n) is 2.82. The molecule has 1 amide bonds. The Labute approximate surface area is 119 Å². The summed E-state index contributed by atoms with van der Waals surface area (Å²) in [7, 11) is 0. The van der Waals surface area contributed by atoms with Gasteiger partial charge < -0.3 is 10.4 Å². The maximum Gasteiger partial charge on any atom is 0.335 e. The first-order valence-corrected chi connectivity index (χ1v) is 6.03. The third-order valence-corrected chi connectivity index (χ3v) is 2.82. The van der Waals surface area contributed by atoms with Crippen LogP contribution in [0, 0.1) is 11.6 Å². The number of carbonyl (C=O) groups is 2. The SMILES string of the molecule is O=C(O)c1cccc(C(=O)NCc2cc(F)ccc2F)c1. The van der Waals surface area contributed by atoms with Gasteiger partial charge in [0.2, 0.25) is 0 Å². The Bertz CT molecular complexity index is 701. The molecule has 4 nitrogen and oxygen atoms in total. The first kappa shape index (κ1) is 14.6. The van der Waals surface area contributed by atoms with Crippen LogP contribution in [-0.4, -0.2) is 17.0 Å². The predicted molar refractivity (Wildman–Crippen MR) is 70.9 cm³/mol. The van der Waals surface area contributed by atoms with Crippen molar-refractivity contribution in [2.75, 3.05) is 0 Å². The molecule has 0 fully saturated rings. The van der Waals surface area contributed by atoms with Crippen LogP contribution < -0.4 is 5.32 Å². The zero-order valence-electron chi connectivity index (χ0n) is 10.8. The lowest BCUT2D eigenvalue weighted by atomic mass is 10.1. The number of carboxylic acid groups (broad SMARTS) is 1. The van der Waals surface area contributed by atoms with Crippen molar-refractivity contribution in [1.29, 1.82) is 0 Å². The fraction of sp³-hybridized carbons (Fsp3) is 0.0667. The average molecular weight is 291 g/mol. The van der Waals surface area contributed by atoms with Gasteiger partial charge in [-0.15, -0.1) is 0 Å². The topological polar surface area (TPSA) is 66.4 Å². The fourth-order valence-corrected chi connectivity index (χ4v) is 1.75. The van der Waals surface area contributed by atoms with Gasteiger partial charge in [-0.3, -0.25) is 4.79 Å². The minimum absolute atomic E-state index is 0.0118. The first-order chi connectivity index (χ1) is 9.97. The van der Waals surface area contributed by atoms with Gasteiger partial charge in [0.25, 0.3) is 5.91 Å². The van der Waals surface area contributed by atoms with E-state index in [1.54, 1.807) is 0 Å². The molecule has 0 unspecified atom stereocenters. The second-order valence-electron chi connectivity index (χ2n) is 4.30. The van der Waals surface area contributed by atoms with E-state index in [-0.39, 0.29) is 23.2 Å². The molecule has 6 heteroatoms. The number of amides is 1. The van der Waals surface area contributed by atoms with Crippen molar-refractivity contribution in [1.82, 2.24) is 5.32 Å². The van der Waals surface area contributed by atoms with Crippen molar-refractivity contribution >= 4 is 11.9 Å². The molecule has 0 radical (unpaired) electrons. The van der Waals surface area contributed by atoms with Crippen LogP contribution in [0.1, 0.15) is 26.3 Å². The summed E-state index contributed by atoms with van der Waals surface area (Å²) in [5.74, 6) is -2.95. The van der Waals surface area contributed by atoms with Crippen molar-refractivity contribution < 1.29 is 23.5 Å². The summed E-state index contributed by atoms with van der Waals surface area (Å²) in [6, 6.07) is 8.37. The number of halogens is 2. The monoisotopic (exact) mass is 291 g/mol. The average Bonchev–Trinajstić information content (AvgIpc) is 2.48. The minimum Gasteiger partial charge on any atom is -0.478 e. The second-order valence-corrected chi connectivity index (χ2v) is 4.30. The molecular formula is C15H11F2NO3. The molecule has 2 aromatic rings. The molecule has 2 N–H and O–H groups in total. The molecule has 0 aromatic heterocycles. The Morgan fingerprint density at radius 3 is 2.48 bits per heavy atom. The van der Waals surface area contributed by atoms with Gasteiger partial charge in [-0.1, -0.05) is 6.07 Å². The molecule has 0 bridgehead atoms. The largest absolute Gasteiger partial charge is 0.478 e. The van der Waals surface area contributed by atoms with Gasteiger partial charge in [-0.05, 0) is 36.4 Å². The van der Waals surface area contributed by atoms with Crippen LogP contribution in [0.3, 0.4) is 0 Å². The van der Waals surface area contributed by atoms with Crippen molar-refractivity contribution in [2.45, 2.75) is 6.54 Å². The Balaban J connectivity index is 2.10. The number of aromatic carboxylic acids is 1. The van der Waals surface area contributed by atoms with Crippen LogP contribution in [0.4, 0.5) is 8.78 Å². The quantitative estimate of drug-likeness (QED) is 0.910. The van der Waals surface area contributed by atoms with Crippen molar-refractivity contribution in [3.63, 3.8) is 0 Å². The van der Waals surface area contributed by atoms with Crippen LogP contribution in [0.5, 0.6) is 0 Å². The number of hydrogen-bond donors (Lipinski definition) is 2. The molecule has 0 heterocycles. The summed E-state index contributed by atoms with van der Waals surface area (Å²) in [6.07, 6.45) is 0. The van der Waals surface area contributed by atoms with E-state index in [0.29, 0.717) is 0 Å². The van der Waals surface area contributed by atoms with Gasteiger partial charge in [0.1, 0.15) is 11.6 Å². The van der Waals surface area contributed by atoms with Gasteiger partial charge in [-0.25, -0.2) is 13.6 Å². The Kier molecular flexibility index (Phi) is 4.27. The summed E-state index contributed by atoms with van der Waals surface area (Å²) >= 11 is 0. The maximum absolute atomic E-state index is 13.4. The molecule has 0 aliphatic carbocycles. The highest BCUT2D eigenvalue weighted by Crippen LogP contribution is 2.10. The molecular weight excluding hydrogens is 280 g/mol. The van der Waals surface area contributed by atoms with Crippen molar-refractivity contribution in [2.24, 2.45) is 0 Å². The van der Waals surface area contributed by atoms with Gasteiger partial charge in [0, 0.05) is 17.7 Å². The number of nitrogens with one attached hydrogen (secondary N) is 1. The van der Waals surface area contributed by atoms with Crippen molar-refractivity contribution in [3.8, 4) is 0 Å². The van der Waals surface area contributed by atoms with Crippen LogP contribution in [-0.2, 0) is 6.54 Å². The summed E-state index contributed by atoms with van der Waals surface area (Å²) in [5, 5.41) is 11.3. The number of rotatable bonds is 4. The van der Waals surface area contributed by atoms with Gasteiger partial charge in [-0.2, -0.15) is 0 Å². The summed E-state index contributed by atoms with van der Waals surface area (Å²) < 4.78 is 26.4. The number of hydrogen-bond acceptors (Lipinski definition) is 2. The van der Waals surface area contributed by atoms with Crippen LogP contribution in [0.15, 0.2) is 42.5 Å². The smallest absolute Gasteiger partial charge is 0.335 e. The second kappa shape index (κ2) is 6.13. The summed E-state index contributed by atoms with van der Waals surface area (Å²) in [5.41, 5.74) is 0.115. The molecule has 21 heavy (non-hydrogen) atoms. The Morgan fingerprint density at radius 2 is 1.76 bits per heavy atom. The molecule has 0 saturated carbocycles. The lowest BCUT2D eigenvalue weighted by molar-refractivity contribution is 0.0697. The molecule has 0 aliphatic rings. The lowest BCUT2D eigenvalue weighted by Gasteiger charge is -2.07. The zero-order chi connectivity index (χ0) is 15.4. The third kappa shape index (κ3) is 3.62. The first-order valence-electron chi connectivity index (χ1n) is 6.03. The zero-order valence-corrected chi connectivity index (χ0v) is 10.8. The van der Waals surface area contributed by atoms with E-state index < -0.39 is 23.5 Å². The van der Waals surface area contributed by atoms with Crippen LogP contribution in [0.25, 0.3) is 0 Å². The van der Waals surface area contributed by atoms with Crippen LogP contribution in [0.2, 0.25) is 0 Å². The highest BCUT2D eigenvalue weighted by molar-refractivity contribution is 5.97. The predicted octanol–water partition coefficient (Wildman–Crippen LogP) is 2.59. The van der Waals surface area contributed by atoms with E-state index in [9.17, 15) is 18.4 Å². The number of benzene rings is 2. The highest BCUT2D eigenvalue weighted by atomic mass is 19.1. The molecule has 0 spiro atoms. The lowest BCUT2D eigenvalue weighted by Crippen LogP contribution is -2.23. The van der Waals surface area contributed by atoms with E-state index in [0.717, 1.165) is 18.2 Å². The summed E-state index contributed by atoms with van der Waals surface area (Å²) in [4.78, 5) is 22.7. The van der Waals surface area contributed by atoms with E-state index in [1.807, 2.05) is 0 Å². The van der Waals surface area contributed by atoms with E-state index in [1.165, 1.54) is 24.3 Å². The molecule has 2 rings (SSSR count).